The van der Waals surface area contributed by atoms with E-state index in [-0.39, 0.29) is 5.91 Å². The number of carbonyl (C=O) groups is 1. The van der Waals surface area contributed by atoms with E-state index in [0.717, 1.165) is 4.47 Å². The Hall–Kier alpha value is -1.88. The molecular weight excluding hydrogens is 332 g/mol. The van der Waals surface area contributed by atoms with Gasteiger partial charge in [-0.25, -0.2) is 4.98 Å². The zero-order valence-electron chi connectivity index (χ0n) is 12.0. The first kappa shape index (κ1) is 15.5. The van der Waals surface area contributed by atoms with Crippen molar-refractivity contribution < 1.29 is 9.53 Å². The highest BCUT2D eigenvalue weighted by Crippen LogP contribution is 2.21. The summed E-state index contributed by atoms with van der Waals surface area (Å²) in [4.78, 5) is 16.0. The van der Waals surface area contributed by atoms with E-state index >= 15 is 0 Å². The van der Waals surface area contributed by atoms with Crippen LogP contribution in [0.5, 0.6) is 11.6 Å². The normalized spacial score (nSPS) is 10.5. The van der Waals surface area contributed by atoms with E-state index in [1.54, 1.807) is 12.1 Å². The lowest BCUT2D eigenvalue weighted by Gasteiger charge is -2.08. The molecule has 1 aromatic carbocycles. The Bertz CT molecular complexity index is 595. The third-order valence-electron chi connectivity index (χ3n) is 2.71. The zero-order chi connectivity index (χ0) is 15.2. The average molecular weight is 349 g/mol. The molecule has 4 nitrogen and oxygen atoms in total. The molecule has 110 valence electrons. The van der Waals surface area contributed by atoms with Crippen LogP contribution in [0.3, 0.4) is 0 Å². The molecule has 0 spiro atoms. The van der Waals surface area contributed by atoms with Gasteiger partial charge in [-0.05, 0) is 36.2 Å². The maximum Gasteiger partial charge on any atom is 0.252 e. The van der Waals surface area contributed by atoms with E-state index in [1.807, 2.05) is 38.1 Å². The van der Waals surface area contributed by atoms with Gasteiger partial charge in [0.2, 0.25) is 5.88 Å². The minimum Gasteiger partial charge on any atom is -0.439 e. The minimum absolute atomic E-state index is 0.119. The number of nitrogens with one attached hydrogen (secondary N) is 1. The van der Waals surface area contributed by atoms with E-state index in [2.05, 4.69) is 26.2 Å². The third kappa shape index (κ3) is 4.86. The fourth-order valence-electron chi connectivity index (χ4n) is 1.60. The first-order valence-electron chi connectivity index (χ1n) is 6.72. The van der Waals surface area contributed by atoms with Gasteiger partial charge >= 0.3 is 0 Å². The Labute approximate surface area is 132 Å². The van der Waals surface area contributed by atoms with Crippen LogP contribution < -0.4 is 10.1 Å². The standard InChI is InChI=1S/C16H17BrN2O2/c1-11(2)9-19-16(20)12-3-8-15(18-10-12)21-14-6-4-13(17)5-7-14/h3-8,10-11H,9H2,1-2H3,(H,19,20). The number of benzene rings is 1. The summed E-state index contributed by atoms with van der Waals surface area (Å²) in [6.07, 6.45) is 1.52. The number of amides is 1. The van der Waals surface area contributed by atoms with Crippen LogP contribution in [0.25, 0.3) is 0 Å². The molecule has 21 heavy (non-hydrogen) atoms. The van der Waals surface area contributed by atoms with Crippen LogP contribution in [-0.2, 0) is 0 Å². The largest absolute Gasteiger partial charge is 0.439 e. The molecule has 0 bridgehead atoms. The van der Waals surface area contributed by atoms with Gasteiger partial charge < -0.3 is 10.1 Å². The van der Waals surface area contributed by atoms with Gasteiger partial charge in [0.25, 0.3) is 5.91 Å². The predicted molar refractivity (Wildman–Crippen MR) is 85.6 cm³/mol. The molecule has 0 atom stereocenters. The van der Waals surface area contributed by atoms with E-state index in [9.17, 15) is 4.79 Å². The number of nitrogens with zero attached hydrogens (tertiary/aromatic N) is 1. The summed E-state index contributed by atoms with van der Waals surface area (Å²) < 4.78 is 6.59. The number of hydrogen-bond donors (Lipinski definition) is 1. The topological polar surface area (TPSA) is 51.2 Å². The first-order valence-corrected chi connectivity index (χ1v) is 7.51. The molecule has 0 saturated carbocycles. The summed E-state index contributed by atoms with van der Waals surface area (Å²) in [7, 11) is 0. The zero-order valence-corrected chi connectivity index (χ0v) is 13.6. The van der Waals surface area contributed by atoms with Crippen molar-refractivity contribution in [2.24, 2.45) is 5.92 Å². The molecule has 1 heterocycles. The smallest absolute Gasteiger partial charge is 0.252 e. The predicted octanol–water partition coefficient (Wildman–Crippen LogP) is 4.02. The van der Waals surface area contributed by atoms with E-state index in [4.69, 9.17) is 4.74 Å². The van der Waals surface area contributed by atoms with Gasteiger partial charge in [0, 0.05) is 23.3 Å². The SMILES string of the molecule is CC(C)CNC(=O)c1ccc(Oc2ccc(Br)cc2)nc1. The fourth-order valence-corrected chi connectivity index (χ4v) is 1.86. The molecule has 1 amide bonds. The molecule has 0 aliphatic rings. The van der Waals surface area contributed by atoms with Crippen LogP contribution in [0.2, 0.25) is 0 Å². The van der Waals surface area contributed by atoms with Crippen molar-refractivity contribution in [1.82, 2.24) is 10.3 Å². The van der Waals surface area contributed by atoms with Gasteiger partial charge in [0.1, 0.15) is 5.75 Å². The molecule has 1 N–H and O–H groups in total. The highest BCUT2D eigenvalue weighted by Gasteiger charge is 2.07. The Morgan fingerprint density at radius 2 is 1.95 bits per heavy atom. The van der Waals surface area contributed by atoms with Crippen molar-refractivity contribution in [3.05, 3.63) is 52.6 Å². The second kappa shape index (κ2) is 7.22. The molecule has 5 heteroatoms. The summed E-state index contributed by atoms with van der Waals surface area (Å²) in [6, 6.07) is 10.9. The van der Waals surface area contributed by atoms with Crippen molar-refractivity contribution in [2.45, 2.75) is 13.8 Å². The van der Waals surface area contributed by atoms with Crippen molar-refractivity contribution in [2.75, 3.05) is 6.54 Å². The third-order valence-corrected chi connectivity index (χ3v) is 3.23. The van der Waals surface area contributed by atoms with Crippen molar-refractivity contribution in [3.63, 3.8) is 0 Å². The molecule has 2 aromatic rings. The Balaban J connectivity index is 1.98. The van der Waals surface area contributed by atoms with Crippen LogP contribution in [-0.4, -0.2) is 17.4 Å². The van der Waals surface area contributed by atoms with Crippen LogP contribution >= 0.6 is 15.9 Å². The van der Waals surface area contributed by atoms with E-state index in [1.165, 1.54) is 6.20 Å². The molecule has 0 radical (unpaired) electrons. The lowest BCUT2D eigenvalue weighted by atomic mass is 10.2. The van der Waals surface area contributed by atoms with Gasteiger partial charge in [0.15, 0.2) is 0 Å². The Kier molecular flexibility index (Phi) is 5.33. The molecule has 0 fully saturated rings. The molecular formula is C16H17BrN2O2. The van der Waals surface area contributed by atoms with Crippen LogP contribution in [0.1, 0.15) is 24.2 Å². The second-order valence-corrected chi connectivity index (χ2v) is 5.96. The van der Waals surface area contributed by atoms with Crippen LogP contribution in [0.15, 0.2) is 47.1 Å². The van der Waals surface area contributed by atoms with E-state index in [0.29, 0.717) is 29.7 Å². The fraction of sp³-hybridized carbons (Fsp3) is 0.250. The number of rotatable bonds is 5. The van der Waals surface area contributed by atoms with Crippen molar-refractivity contribution in [1.29, 1.82) is 0 Å². The maximum atomic E-state index is 11.9. The van der Waals surface area contributed by atoms with Crippen molar-refractivity contribution >= 4 is 21.8 Å². The van der Waals surface area contributed by atoms with Gasteiger partial charge in [-0.15, -0.1) is 0 Å². The van der Waals surface area contributed by atoms with E-state index < -0.39 is 0 Å². The molecule has 1 aromatic heterocycles. The summed E-state index contributed by atoms with van der Waals surface area (Å²) in [6.45, 7) is 4.75. The van der Waals surface area contributed by atoms with Gasteiger partial charge in [-0.3, -0.25) is 4.79 Å². The highest BCUT2D eigenvalue weighted by atomic mass is 79.9. The second-order valence-electron chi connectivity index (χ2n) is 5.04. The summed E-state index contributed by atoms with van der Waals surface area (Å²) >= 11 is 3.37. The quantitative estimate of drug-likeness (QED) is 0.887. The summed E-state index contributed by atoms with van der Waals surface area (Å²) in [5, 5.41) is 2.85. The monoisotopic (exact) mass is 348 g/mol. The minimum atomic E-state index is -0.119. The highest BCUT2D eigenvalue weighted by molar-refractivity contribution is 9.10. The number of pyridine rings is 1. The maximum absolute atomic E-state index is 11.9. The molecule has 2 rings (SSSR count). The lowest BCUT2D eigenvalue weighted by molar-refractivity contribution is 0.0948. The lowest BCUT2D eigenvalue weighted by Crippen LogP contribution is -2.27. The number of hydrogen-bond acceptors (Lipinski definition) is 3. The molecule has 0 unspecified atom stereocenters. The first-order chi connectivity index (χ1) is 10.0. The molecule has 0 aliphatic heterocycles. The number of halogens is 1. The molecule has 0 aliphatic carbocycles. The Morgan fingerprint density at radius 1 is 1.24 bits per heavy atom. The van der Waals surface area contributed by atoms with Crippen LogP contribution in [0, 0.1) is 5.92 Å². The average Bonchev–Trinajstić information content (AvgIpc) is 2.48. The molecule has 0 saturated heterocycles. The number of aromatic nitrogens is 1. The van der Waals surface area contributed by atoms with Crippen LogP contribution in [0.4, 0.5) is 0 Å². The Morgan fingerprint density at radius 3 is 2.52 bits per heavy atom. The van der Waals surface area contributed by atoms with Gasteiger partial charge in [0.05, 0.1) is 5.56 Å². The number of carbonyl (C=O) groups excluding carboxylic acids is 1. The summed E-state index contributed by atoms with van der Waals surface area (Å²) in [5.74, 6) is 1.45. The summed E-state index contributed by atoms with van der Waals surface area (Å²) in [5.41, 5.74) is 0.527. The van der Waals surface area contributed by atoms with Gasteiger partial charge in [-0.1, -0.05) is 29.8 Å². The van der Waals surface area contributed by atoms with Gasteiger partial charge in [-0.2, -0.15) is 0 Å². The van der Waals surface area contributed by atoms with Crippen molar-refractivity contribution in [3.8, 4) is 11.6 Å². The number of ether oxygens (including phenoxy) is 1.